The van der Waals surface area contributed by atoms with Crippen LogP contribution in [0.2, 0.25) is 0 Å². The molecule has 0 radical (unpaired) electrons. The number of urea groups is 1. The number of amides is 2. The number of aromatic amines is 1. The van der Waals surface area contributed by atoms with Crippen molar-refractivity contribution in [2.75, 3.05) is 6.54 Å². The number of rotatable bonds is 4. The average molecular weight is 307 g/mol. The topological polar surface area (TPSA) is 56.9 Å². The minimum atomic E-state index is -0.778. The summed E-state index contributed by atoms with van der Waals surface area (Å²) >= 11 is 0. The van der Waals surface area contributed by atoms with Crippen molar-refractivity contribution < 1.29 is 13.6 Å². The molecule has 118 valence electrons. The third-order valence-electron chi connectivity index (χ3n) is 4.16. The second-order valence-corrected chi connectivity index (χ2v) is 5.83. The highest BCUT2D eigenvalue weighted by Crippen LogP contribution is 2.24. The van der Waals surface area contributed by atoms with Gasteiger partial charge in [-0.1, -0.05) is 0 Å². The second kappa shape index (κ2) is 5.94. The number of carbonyl (C=O) groups excluding carboxylic acids is 1. The first kappa shape index (κ1) is 14.8. The zero-order valence-electron chi connectivity index (χ0n) is 12.4. The maximum atomic E-state index is 13.2. The third kappa shape index (κ3) is 3.05. The van der Waals surface area contributed by atoms with Crippen molar-refractivity contribution in [3.05, 3.63) is 35.3 Å². The molecule has 3 rings (SSSR count). The number of hydrogen-bond donors (Lipinski definition) is 3. The van der Waals surface area contributed by atoms with Gasteiger partial charge in [0, 0.05) is 29.2 Å². The number of carbonyl (C=O) groups is 1. The highest BCUT2D eigenvalue weighted by molar-refractivity contribution is 5.84. The number of halogens is 2. The Labute approximate surface area is 127 Å². The summed E-state index contributed by atoms with van der Waals surface area (Å²) in [5, 5.41) is 6.49. The molecule has 1 saturated carbocycles. The van der Waals surface area contributed by atoms with Gasteiger partial charge < -0.3 is 15.6 Å². The standard InChI is InChI=1S/C16H19F2N3O/c1-9-13(14-3-2-10(17)8-15(14)20-9)4-5-19-16(22)21-12-6-11(18)7-12/h2-3,8,11-12,20H,4-7H2,1H3,(H2,19,21,22). The molecule has 0 spiro atoms. The van der Waals surface area contributed by atoms with Crippen LogP contribution in [0, 0.1) is 12.7 Å². The molecule has 1 aromatic carbocycles. The molecule has 0 atom stereocenters. The van der Waals surface area contributed by atoms with Gasteiger partial charge in [-0.05, 0) is 49.9 Å². The summed E-state index contributed by atoms with van der Waals surface area (Å²) in [6, 6.07) is 4.34. The molecule has 1 aliphatic carbocycles. The third-order valence-corrected chi connectivity index (χ3v) is 4.16. The van der Waals surface area contributed by atoms with Gasteiger partial charge in [-0.2, -0.15) is 0 Å². The van der Waals surface area contributed by atoms with E-state index in [1.165, 1.54) is 12.1 Å². The largest absolute Gasteiger partial charge is 0.358 e. The molecule has 4 nitrogen and oxygen atoms in total. The molecule has 0 bridgehead atoms. The lowest BCUT2D eigenvalue weighted by atomic mass is 9.91. The number of fused-ring (bicyclic) bond motifs is 1. The predicted octanol–water partition coefficient (Wildman–Crippen LogP) is 2.96. The van der Waals surface area contributed by atoms with Crippen LogP contribution in [0.4, 0.5) is 13.6 Å². The fourth-order valence-electron chi connectivity index (χ4n) is 2.89. The molecule has 0 saturated heterocycles. The van der Waals surface area contributed by atoms with Crippen LogP contribution in [0.3, 0.4) is 0 Å². The molecule has 0 unspecified atom stereocenters. The SMILES string of the molecule is Cc1[nH]c2cc(F)ccc2c1CCNC(=O)NC1CC(F)C1. The Kier molecular flexibility index (Phi) is 4.00. The maximum absolute atomic E-state index is 13.2. The molecular weight excluding hydrogens is 288 g/mol. The first-order valence-corrected chi connectivity index (χ1v) is 7.48. The van der Waals surface area contributed by atoms with Crippen molar-refractivity contribution in [2.24, 2.45) is 0 Å². The molecule has 1 aliphatic rings. The Morgan fingerprint density at radius 1 is 1.41 bits per heavy atom. The van der Waals surface area contributed by atoms with Gasteiger partial charge >= 0.3 is 6.03 Å². The molecule has 0 aliphatic heterocycles. The van der Waals surface area contributed by atoms with E-state index in [9.17, 15) is 13.6 Å². The van der Waals surface area contributed by atoms with Gasteiger partial charge in [0.05, 0.1) is 0 Å². The Morgan fingerprint density at radius 3 is 2.91 bits per heavy atom. The number of alkyl halides is 1. The summed E-state index contributed by atoms with van der Waals surface area (Å²) < 4.78 is 25.9. The van der Waals surface area contributed by atoms with Crippen molar-refractivity contribution in [3.63, 3.8) is 0 Å². The van der Waals surface area contributed by atoms with Gasteiger partial charge in [-0.3, -0.25) is 0 Å². The van der Waals surface area contributed by atoms with E-state index in [4.69, 9.17) is 0 Å². The maximum Gasteiger partial charge on any atom is 0.315 e. The van der Waals surface area contributed by atoms with Gasteiger partial charge in [0.15, 0.2) is 0 Å². The number of nitrogens with one attached hydrogen (secondary N) is 3. The van der Waals surface area contributed by atoms with Crippen LogP contribution in [-0.4, -0.2) is 29.8 Å². The van der Waals surface area contributed by atoms with E-state index in [0.717, 1.165) is 22.2 Å². The van der Waals surface area contributed by atoms with Crippen LogP contribution in [-0.2, 0) is 6.42 Å². The summed E-state index contributed by atoms with van der Waals surface area (Å²) in [6.45, 7) is 2.41. The van der Waals surface area contributed by atoms with Crippen LogP contribution in [0.25, 0.3) is 10.9 Å². The van der Waals surface area contributed by atoms with Gasteiger partial charge in [-0.15, -0.1) is 0 Å². The van der Waals surface area contributed by atoms with Gasteiger partial charge in [0.1, 0.15) is 12.0 Å². The summed E-state index contributed by atoms with van der Waals surface area (Å²) in [4.78, 5) is 14.8. The number of H-pyrrole nitrogens is 1. The van der Waals surface area contributed by atoms with E-state index in [0.29, 0.717) is 25.8 Å². The second-order valence-electron chi connectivity index (χ2n) is 5.83. The number of aromatic nitrogens is 1. The van der Waals surface area contributed by atoms with Crippen molar-refractivity contribution in [1.29, 1.82) is 0 Å². The summed E-state index contributed by atoms with van der Waals surface area (Å²) in [5.41, 5.74) is 2.81. The van der Waals surface area contributed by atoms with Crippen molar-refractivity contribution >= 4 is 16.9 Å². The molecule has 1 heterocycles. The highest BCUT2D eigenvalue weighted by atomic mass is 19.1. The molecule has 3 N–H and O–H groups in total. The Balaban J connectivity index is 1.55. The number of hydrogen-bond acceptors (Lipinski definition) is 1. The minimum absolute atomic E-state index is 0.0483. The van der Waals surface area contributed by atoms with Crippen LogP contribution in [0.5, 0.6) is 0 Å². The first-order valence-electron chi connectivity index (χ1n) is 7.48. The minimum Gasteiger partial charge on any atom is -0.358 e. The molecular formula is C16H19F2N3O. The molecule has 1 aromatic heterocycles. The van der Waals surface area contributed by atoms with Crippen molar-refractivity contribution in [1.82, 2.24) is 15.6 Å². The van der Waals surface area contributed by atoms with Crippen LogP contribution < -0.4 is 10.6 Å². The fraction of sp³-hybridized carbons (Fsp3) is 0.438. The zero-order valence-corrected chi connectivity index (χ0v) is 12.4. The average Bonchev–Trinajstić information content (AvgIpc) is 2.72. The van der Waals surface area contributed by atoms with Crippen LogP contribution in [0.1, 0.15) is 24.1 Å². The lowest BCUT2D eigenvalue weighted by molar-refractivity contribution is 0.156. The quantitative estimate of drug-likeness (QED) is 0.799. The Hall–Kier alpha value is -2.11. The summed E-state index contributed by atoms with van der Waals surface area (Å²) in [7, 11) is 0. The molecule has 1 fully saturated rings. The van der Waals surface area contributed by atoms with E-state index < -0.39 is 6.17 Å². The predicted molar refractivity (Wildman–Crippen MR) is 81.2 cm³/mol. The van der Waals surface area contributed by atoms with E-state index >= 15 is 0 Å². The Bertz CT molecular complexity index is 692. The summed E-state index contributed by atoms with van der Waals surface area (Å²) in [6.07, 6.45) is 0.683. The number of benzene rings is 1. The smallest absolute Gasteiger partial charge is 0.315 e. The van der Waals surface area contributed by atoms with Gasteiger partial charge in [0.25, 0.3) is 0 Å². The fourth-order valence-corrected chi connectivity index (χ4v) is 2.89. The van der Waals surface area contributed by atoms with E-state index in [1.54, 1.807) is 6.07 Å². The Morgan fingerprint density at radius 2 is 2.18 bits per heavy atom. The summed E-state index contributed by atoms with van der Waals surface area (Å²) in [5.74, 6) is -0.274. The van der Waals surface area contributed by atoms with Crippen molar-refractivity contribution in [3.8, 4) is 0 Å². The molecule has 2 amide bonds. The first-order chi connectivity index (χ1) is 10.5. The molecule has 6 heteroatoms. The van der Waals surface area contributed by atoms with E-state index in [1.807, 2.05) is 6.92 Å². The molecule has 2 aromatic rings. The normalized spacial score (nSPS) is 20.7. The van der Waals surface area contributed by atoms with E-state index in [-0.39, 0.29) is 17.9 Å². The molecule has 22 heavy (non-hydrogen) atoms. The van der Waals surface area contributed by atoms with Gasteiger partial charge in [-0.25, -0.2) is 13.6 Å². The van der Waals surface area contributed by atoms with Crippen LogP contribution in [0.15, 0.2) is 18.2 Å². The van der Waals surface area contributed by atoms with E-state index in [2.05, 4.69) is 15.6 Å². The number of aryl methyl sites for hydroxylation is 1. The van der Waals surface area contributed by atoms with Crippen molar-refractivity contribution in [2.45, 2.75) is 38.4 Å². The zero-order chi connectivity index (χ0) is 15.7. The monoisotopic (exact) mass is 307 g/mol. The lowest BCUT2D eigenvalue weighted by Crippen LogP contribution is -2.49. The van der Waals surface area contributed by atoms with Crippen LogP contribution >= 0.6 is 0 Å². The highest BCUT2D eigenvalue weighted by Gasteiger charge is 2.29. The van der Waals surface area contributed by atoms with Gasteiger partial charge in [0.2, 0.25) is 0 Å². The lowest BCUT2D eigenvalue weighted by Gasteiger charge is -2.30.